The second-order valence-electron chi connectivity index (χ2n) is 16.8. The topological polar surface area (TPSA) is 210 Å². The highest BCUT2D eigenvalue weighted by Gasteiger charge is 2.44. The number of benzene rings is 4. The van der Waals surface area contributed by atoms with Gasteiger partial charge in [-0.3, -0.25) is 28.8 Å². The summed E-state index contributed by atoms with van der Waals surface area (Å²) in [6.45, 7) is 3.58. The molecule has 0 saturated carbocycles. The molecule has 0 spiro atoms. The van der Waals surface area contributed by atoms with Gasteiger partial charge in [0.15, 0.2) is 0 Å². The van der Waals surface area contributed by atoms with Gasteiger partial charge in [-0.25, -0.2) is 0 Å². The van der Waals surface area contributed by atoms with Crippen molar-refractivity contribution in [2.45, 2.75) is 64.1 Å². The number of hydrogen-bond acceptors (Lipinski definition) is 9. The van der Waals surface area contributed by atoms with Crippen molar-refractivity contribution in [1.29, 1.82) is 0 Å². The number of carbonyl (C=O) groups excluding carboxylic acids is 6. The standard InChI is InChI=1S/C51H61N7O8/c1-35-29-41(65-2)17-18-42(35)38-15-13-36(14-16-38)30-44-49(63)55-33-40-12-7-6-11-39(40)31-46(60)56-43(48(62)54-25-28-66-27-23-52)21-24-53-45(59)19-20-47(61)58-26-8-22-51(34-58,50(64)57-44)32-37-9-4-3-5-10-37/h3-7,9-20,29,43-44H,8,21-28,30-34,52H2,1-2H3,(H,53,59)(H,54,62)(H,55,63)(H,56,60)(H,57,64)/b20-19+/t43-,44-,51-/m0/s1. The predicted octanol–water partition coefficient (Wildman–Crippen LogP) is 3.06. The highest BCUT2D eigenvalue weighted by Crippen LogP contribution is 2.35. The molecule has 15 heteroatoms. The van der Waals surface area contributed by atoms with Crippen molar-refractivity contribution in [3.63, 3.8) is 0 Å². The molecule has 4 aromatic rings. The lowest BCUT2D eigenvalue weighted by molar-refractivity contribution is -0.141. The number of rotatable bonds is 12. The number of nitrogens with two attached hydrogens (primary N) is 1. The summed E-state index contributed by atoms with van der Waals surface area (Å²) < 4.78 is 10.8. The van der Waals surface area contributed by atoms with Crippen molar-refractivity contribution < 1.29 is 38.2 Å². The van der Waals surface area contributed by atoms with E-state index < -0.39 is 47.0 Å². The Morgan fingerprint density at radius 2 is 1.62 bits per heavy atom. The fourth-order valence-electron chi connectivity index (χ4n) is 8.48. The molecule has 7 N–H and O–H groups in total. The molecule has 1 saturated heterocycles. The number of methoxy groups -OCH3 is 1. The lowest BCUT2D eigenvalue weighted by atomic mass is 9.74. The minimum atomic E-state index is -1.11. The van der Waals surface area contributed by atoms with Crippen LogP contribution in [0.15, 0.2) is 109 Å². The lowest BCUT2D eigenvalue weighted by Gasteiger charge is -2.42. The van der Waals surface area contributed by atoms with E-state index >= 15 is 0 Å². The molecule has 6 rings (SSSR count). The van der Waals surface area contributed by atoms with Gasteiger partial charge in [0.1, 0.15) is 17.8 Å². The Morgan fingerprint density at radius 1 is 0.864 bits per heavy atom. The van der Waals surface area contributed by atoms with Gasteiger partial charge in [-0.15, -0.1) is 0 Å². The van der Waals surface area contributed by atoms with Crippen LogP contribution in [0.4, 0.5) is 0 Å². The van der Waals surface area contributed by atoms with Crippen molar-refractivity contribution in [2.75, 3.05) is 53.0 Å². The summed E-state index contributed by atoms with van der Waals surface area (Å²) in [5.41, 5.74) is 10.5. The molecule has 6 amide bonds. The smallest absolute Gasteiger partial charge is 0.246 e. The molecule has 66 heavy (non-hydrogen) atoms. The summed E-state index contributed by atoms with van der Waals surface area (Å²) >= 11 is 0. The monoisotopic (exact) mass is 899 g/mol. The van der Waals surface area contributed by atoms with Crippen LogP contribution in [0.5, 0.6) is 5.75 Å². The van der Waals surface area contributed by atoms with E-state index in [-0.39, 0.29) is 58.0 Å². The molecule has 2 aliphatic rings. The van der Waals surface area contributed by atoms with Crippen LogP contribution in [0.25, 0.3) is 11.1 Å². The quantitative estimate of drug-likeness (QED) is 0.115. The molecule has 2 aliphatic heterocycles. The van der Waals surface area contributed by atoms with Gasteiger partial charge in [-0.05, 0) is 83.7 Å². The molecular formula is C51H61N7O8. The number of aryl methyl sites for hydroxylation is 1. The SMILES string of the molecule is COc1ccc(-c2ccc(C[C@@H]3NC(=O)[C@]4(Cc5ccccc5)CCCN(C4)C(=O)/C=C/C(=O)NCC[C@@H](C(=O)NCCOCCN)NC(=O)Cc4ccccc4CNC3=O)cc2)c(C)c1. The third-order valence-electron chi connectivity index (χ3n) is 12.0. The second kappa shape index (κ2) is 23.9. The molecule has 1 fully saturated rings. The van der Waals surface area contributed by atoms with Gasteiger partial charge in [-0.1, -0.05) is 84.9 Å². The average molecular weight is 900 g/mol. The van der Waals surface area contributed by atoms with E-state index in [1.807, 2.05) is 91.9 Å². The number of carbonyl (C=O) groups is 6. The fraction of sp³-hybridized carbons (Fsp3) is 0.373. The second-order valence-corrected chi connectivity index (χ2v) is 16.8. The predicted molar refractivity (Wildman–Crippen MR) is 251 cm³/mol. The van der Waals surface area contributed by atoms with Crippen molar-refractivity contribution in [3.8, 4) is 16.9 Å². The van der Waals surface area contributed by atoms with Gasteiger partial charge in [0.25, 0.3) is 0 Å². The number of piperidine rings is 1. The number of nitrogens with zero attached hydrogens (tertiary/aromatic N) is 1. The van der Waals surface area contributed by atoms with E-state index in [4.69, 9.17) is 15.2 Å². The number of nitrogens with one attached hydrogen (secondary N) is 5. The van der Waals surface area contributed by atoms with Gasteiger partial charge in [0, 0.05) is 57.8 Å². The summed E-state index contributed by atoms with van der Waals surface area (Å²) in [6, 6.07) is 28.5. The Labute approximate surface area is 386 Å². The Kier molecular flexibility index (Phi) is 17.6. The van der Waals surface area contributed by atoms with Crippen LogP contribution in [0, 0.1) is 12.3 Å². The fourth-order valence-corrected chi connectivity index (χ4v) is 8.48. The van der Waals surface area contributed by atoms with Gasteiger partial charge < -0.3 is 46.7 Å². The van der Waals surface area contributed by atoms with E-state index in [0.29, 0.717) is 50.1 Å². The van der Waals surface area contributed by atoms with Gasteiger partial charge in [-0.2, -0.15) is 0 Å². The summed E-state index contributed by atoms with van der Waals surface area (Å²) in [5, 5.41) is 14.4. The maximum absolute atomic E-state index is 14.9. The van der Waals surface area contributed by atoms with Gasteiger partial charge in [0.2, 0.25) is 35.4 Å². The van der Waals surface area contributed by atoms with Crippen LogP contribution >= 0.6 is 0 Å². The summed E-state index contributed by atoms with van der Waals surface area (Å²) in [6.07, 6.45) is 3.69. The molecule has 0 aliphatic carbocycles. The van der Waals surface area contributed by atoms with E-state index in [1.165, 1.54) is 6.08 Å². The Morgan fingerprint density at radius 3 is 2.36 bits per heavy atom. The largest absolute Gasteiger partial charge is 0.497 e. The van der Waals surface area contributed by atoms with Crippen LogP contribution in [-0.4, -0.2) is 105 Å². The minimum absolute atomic E-state index is 0.0136. The molecule has 15 nitrogen and oxygen atoms in total. The van der Waals surface area contributed by atoms with Crippen LogP contribution in [0.2, 0.25) is 0 Å². The number of ether oxygens (including phenoxy) is 2. The Hall–Kier alpha value is -6.84. The molecule has 0 unspecified atom stereocenters. The first-order chi connectivity index (χ1) is 32.0. The van der Waals surface area contributed by atoms with E-state index in [2.05, 4.69) is 26.6 Å². The maximum atomic E-state index is 14.9. The number of fused-ring (bicyclic) bond motifs is 3. The van der Waals surface area contributed by atoms with Crippen LogP contribution < -0.4 is 37.1 Å². The van der Waals surface area contributed by atoms with E-state index in [9.17, 15) is 28.8 Å². The maximum Gasteiger partial charge on any atom is 0.246 e. The zero-order valence-corrected chi connectivity index (χ0v) is 37.7. The Bertz CT molecular complexity index is 2360. The number of amides is 6. The van der Waals surface area contributed by atoms with E-state index in [1.54, 1.807) is 24.1 Å². The Balaban J connectivity index is 1.31. The normalized spacial score (nSPS) is 20.5. The van der Waals surface area contributed by atoms with Crippen LogP contribution in [-0.2, 0) is 59.3 Å². The van der Waals surface area contributed by atoms with Gasteiger partial charge >= 0.3 is 0 Å². The molecule has 3 atom stereocenters. The highest BCUT2D eigenvalue weighted by molar-refractivity contribution is 5.97. The third-order valence-corrected chi connectivity index (χ3v) is 12.0. The zero-order valence-electron chi connectivity index (χ0n) is 37.7. The van der Waals surface area contributed by atoms with Crippen molar-refractivity contribution in [2.24, 2.45) is 11.1 Å². The molecule has 2 bridgehead atoms. The van der Waals surface area contributed by atoms with Gasteiger partial charge in [0.05, 0.1) is 32.2 Å². The minimum Gasteiger partial charge on any atom is -0.497 e. The summed E-state index contributed by atoms with van der Waals surface area (Å²) in [5.74, 6) is -1.95. The third kappa shape index (κ3) is 13.6. The first kappa shape index (κ1) is 48.6. The molecule has 2 heterocycles. The molecule has 348 valence electrons. The molecule has 4 aromatic carbocycles. The lowest BCUT2D eigenvalue weighted by Crippen LogP contribution is -2.58. The highest BCUT2D eigenvalue weighted by atomic mass is 16.5. The van der Waals surface area contributed by atoms with Crippen molar-refractivity contribution in [3.05, 3.63) is 137 Å². The molecule has 0 aromatic heterocycles. The summed E-state index contributed by atoms with van der Waals surface area (Å²) in [7, 11) is 1.63. The average Bonchev–Trinajstić information content (AvgIpc) is 3.32. The molecular weight excluding hydrogens is 839 g/mol. The van der Waals surface area contributed by atoms with E-state index in [0.717, 1.165) is 39.6 Å². The van der Waals surface area contributed by atoms with Crippen LogP contribution in [0.3, 0.4) is 0 Å². The first-order valence-electron chi connectivity index (χ1n) is 22.5. The van der Waals surface area contributed by atoms with Crippen molar-refractivity contribution in [1.82, 2.24) is 31.5 Å². The first-order valence-corrected chi connectivity index (χ1v) is 22.5. The number of hydrogen-bond donors (Lipinski definition) is 6. The van der Waals surface area contributed by atoms with Crippen molar-refractivity contribution >= 4 is 35.4 Å². The molecule has 0 radical (unpaired) electrons. The zero-order chi connectivity index (χ0) is 46.9. The van der Waals surface area contributed by atoms with Crippen LogP contribution in [0.1, 0.15) is 47.1 Å². The summed E-state index contributed by atoms with van der Waals surface area (Å²) in [4.78, 5) is 84.6.